The number of rotatable bonds is 4. The van der Waals surface area contributed by atoms with Gasteiger partial charge in [0.15, 0.2) is 0 Å². The van der Waals surface area contributed by atoms with Gasteiger partial charge < -0.3 is 9.64 Å². The molecule has 2 aliphatic heterocycles. The lowest BCUT2D eigenvalue weighted by Crippen LogP contribution is -2.55. The first-order valence-electron chi connectivity index (χ1n) is 9.85. The molecule has 1 aromatic carbocycles. The molecule has 4 rings (SSSR count). The molecule has 1 aliphatic carbocycles. The van der Waals surface area contributed by atoms with Crippen molar-refractivity contribution in [2.24, 2.45) is 0 Å². The van der Waals surface area contributed by atoms with E-state index in [1.165, 1.54) is 6.26 Å². The molecule has 1 unspecified atom stereocenters. The van der Waals surface area contributed by atoms with Gasteiger partial charge in [0, 0.05) is 37.3 Å². The molecule has 1 amide bonds. The predicted molar refractivity (Wildman–Crippen MR) is 103 cm³/mol. The lowest BCUT2D eigenvalue weighted by Gasteiger charge is -2.48. The first-order chi connectivity index (χ1) is 12.9. The maximum atomic E-state index is 12.7. The highest BCUT2D eigenvalue weighted by Crippen LogP contribution is 2.41. The molecule has 0 bridgehead atoms. The number of sulfonamides is 1. The van der Waals surface area contributed by atoms with E-state index < -0.39 is 10.0 Å². The molecule has 148 valence electrons. The molecule has 6 nitrogen and oxygen atoms in total. The van der Waals surface area contributed by atoms with Crippen LogP contribution in [0.3, 0.4) is 0 Å². The summed E-state index contributed by atoms with van der Waals surface area (Å²) in [5.41, 5.74) is 0.418. The molecule has 3 fully saturated rings. The molecule has 27 heavy (non-hydrogen) atoms. The average Bonchev–Trinajstić information content (AvgIpc) is 3.46. The van der Waals surface area contributed by atoms with Gasteiger partial charge in [-0.1, -0.05) is 18.2 Å². The summed E-state index contributed by atoms with van der Waals surface area (Å²) in [5.74, 6) is 0.0635. The molecule has 0 N–H and O–H groups in total. The molecule has 1 atom stereocenters. The van der Waals surface area contributed by atoms with Crippen LogP contribution in [-0.2, 0) is 14.8 Å². The number of hydrogen-bond donors (Lipinski definition) is 0. The number of amides is 1. The van der Waals surface area contributed by atoms with E-state index in [0.717, 1.165) is 38.5 Å². The van der Waals surface area contributed by atoms with Crippen LogP contribution in [0.2, 0.25) is 0 Å². The second-order valence-corrected chi connectivity index (χ2v) is 10.0. The van der Waals surface area contributed by atoms with Crippen molar-refractivity contribution in [3.8, 4) is 0 Å². The van der Waals surface area contributed by atoms with Crippen molar-refractivity contribution in [2.75, 3.05) is 26.0 Å². The van der Waals surface area contributed by atoms with Crippen molar-refractivity contribution in [2.45, 2.75) is 56.2 Å². The third-order valence-electron chi connectivity index (χ3n) is 6.10. The molecular weight excluding hydrogens is 364 g/mol. The number of likely N-dealkylation sites (tertiary alicyclic amines) is 1. The fourth-order valence-corrected chi connectivity index (χ4v) is 6.09. The van der Waals surface area contributed by atoms with Crippen molar-refractivity contribution in [1.82, 2.24) is 9.21 Å². The summed E-state index contributed by atoms with van der Waals surface area (Å²) in [6.07, 6.45) is 6.30. The third kappa shape index (κ3) is 4.05. The molecule has 0 radical (unpaired) electrons. The van der Waals surface area contributed by atoms with Crippen LogP contribution >= 0.6 is 0 Å². The van der Waals surface area contributed by atoms with Gasteiger partial charge in [-0.3, -0.25) is 4.79 Å². The maximum absolute atomic E-state index is 12.7. The molecule has 1 aromatic rings. The maximum Gasteiger partial charge on any atom is 0.253 e. The Balaban J connectivity index is 1.42. The highest BCUT2D eigenvalue weighted by Gasteiger charge is 2.47. The Morgan fingerprint density at radius 2 is 1.78 bits per heavy atom. The average molecular weight is 393 g/mol. The predicted octanol–water partition coefficient (Wildman–Crippen LogP) is 2.26. The first kappa shape index (κ1) is 18.9. The van der Waals surface area contributed by atoms with Crippen molar-refractivity contribution < 1.29 is 17.9 Å². The van der Waals surface area contributed by atoms with E-state index >= 15 is 0 Å². The minimum atomic E-state index is -3.20. The molecule has 7 heteroatoms. The van der Waals surface area contributed by atoms with Gasteiger partial charge in [-0.15, -0.1) is 0 Å². The van der Waals surface area contributed by atoms with Gasteiger partial charge in [-0.25, -0.2) is 8.42 Å². The Labute approximate surface area is 161 Å². The van der Waals surface area contributed by atoms with E-state index in [1.54, 1.807) is 4.31 Å². The minimum absolute atomic E-state index is 0.0256. The molecular formula is C20H28N2O4S. The number of carbonyl (C=O) groups excluding carboxylic acids is 1. The van der Waals surface area contributed by atoms with E-state index in [9.17, 15) is 13.2 Å². The topological polar surface area (TPSA) is 66.9 Å². The normalized spacial score (nSPS) is 25.7. The van der Waals surface area contributed by atoms with Gasteiger partial charge in [-0.2, -0.15) is 4.31 Å². The summed E-state index contributed by atoms with van der Waals surface area (Å²) in [5, 5.41) is 0. The second kappa shape index (κ2) is 7.18. The van der Waals surface area contributed by atoms with Crippen LogP contribution in [0.1, 0.15) is 48.9 Å². The lowest BCUT2D eigenvalue weighted by molar-refractivity contribution is -0.123. The monoisotopic (exact) mass is 392 g/mol. The summed E-state index contributed by atoms with van der Waals surface area (Å²) >= 11 is 0. The molecule has 1 saturated carbocycles. The fourth-order valence-electron chi connectivity index (χ4n) is 4.62. The summed E-state index contributed by atoms with van der Waals surface area (Å²) < 4.78 is 32.6. The Hall–Kier alpha value is -1.44. The summed E-state index contributed by atoms with van der Waals surface area (Å²) in [6, 6.07) is 9.57. The Bertz CT molecular complexity index is 783. The fraction of sp³-hybridized carbons (Fsp3) is 0.650. The largest absolute Gasteiger partial charge is 0.375 e. The van der Waals surface area contributed by atoms with Gasteiger partial charge in [0.1, 0.15) is 0 Å². The van der Waals surface area contributed by atoms with Crippen molar-refractivity contribution >= 4 is 15.9 Å². The van der Waals surface area contributed by atoms with Gasteiger partial charge in [0.25, 0.3) is 5.91 Å². The standard InChI is InChI=1S/C20H28N2O4S/c1-27(24,25)22(17-7-8-17)18-9-14-26-20(15-18)10-12-21(13-11-20)19(23)16-5-3-2-4-6-16/h2-6,17-18H,7-15H2,1H3. The molecule has 3 aliphatic rings. The van der Waals surface area contributed by atoms with E-state index in [2.05, 4.69) is 0 Å². The van der Waals surface area contributed by atoms with Crippen LogP contribution in [-0.4, -0.2) is 67.2 Å². The van der Waals surface area contributed by atoms with Crippen LogP contribution in [0.5, 0.6) is 0 Å². The van der Waals surface area contributed by atoms with Crippen LogP contribution in [0.4, 0.5) is 0 Å². The number of hydrogen-bond acceptors (Lipinski definition) is 4. The number of ether oxygens (including phenoxy) is 1. The smallest absolute Gasteiger partial charge is 0.253 e. The number of benzene rings is 1. The number of piperidine rings is 1. The highest BCUT2D eigenvalue weighted by atomic mass is 32.2. The Morgan fingerprint density at radius 1 is 1.11 bits per heavy atom. The van der Waals surface area contributed by atoms with Gasteiger partial charge in [0.05, 0.1) is 11.9 Å². The van der Waals surface area contributed by atoms with Crippen molar-refractivity contribution in [1.29, 1.82) is 0 Å². The lowest BCUT2D eigenvalue weighted by atomic mass is 9.82. The van der Waals surface area contributed by atoms with E-state index in [4.69, 9.17) is 4.74 Å². The second-order valence-electron chi connectivity index (χ2n) is 8.16. The molecule has 2 saturated heterocycles. The van der Waals surface area contributed by atoms with Crippen molar-refractivity contribution in [3.63, 3.8) is 0 Å². The number of nitrogens with zero attached hydrogens (tertiary/aromatic N) is 2. The van der Waals surface area contributed by atoms with Gasteiger partial charge in [0.2, 0.25) is 10.0 Å². The van der Waals surface area contributed by atoms with Crippen LogP contribution < -0.4 is 0 Å². The van der Waals surface area contributed by atoms with E-state index in [1.807, 2.05) is 35.2 Å². The van der Waals surface area contributed by atoms with E-state index in [-0.39, 0.29) is 23.6 Å². The first-order valence-corrected chi connectivity index (χ1v) is 11.7. The molecule has 2 heterocycles. The molecule has 0 aromatic heterocycles. The highest BCUT2D eigenvalue weighted by molar-refractivity contribution is 7.88. The summed E-state index contributed by atoms with van der Waals surface area (Å²) in [6.45, 7) is 1.90. The summed E-state index contributed by atoms with van der Waals surface area (Å²) in [4.78, 5) is 14.6. The number of carbonyl (C=O) groups is 1. The SMILES string of the molecule is CS(=O)(=O)N(C1CC1)C1CCOC2(CCN(C(=O)c3ccccc3)CC2)C1. The summed E-state index contributed by atoms with van der Waals surface area (Å²) in [7, 11) is -3.20. The Kier molecular flexibility index (Phi) is 5.03. The zero-order valence-corrected chi connectivity index (χ0v) is 16.7. The Morgan fingerprint density at radius 3 is 2.37 bits per heavy atom. The van der Waals surface area contributed by atoms with Gasteiger partial charge in [-0.05, 0) is 50.7 Å². The van der Waals surface area contributed by atoms with Crippen LogP contribution in [0.15, 0.2) is 30.3 Å². The van der Waals surface area contributed by atoms with E-state index in [0.29, 0.717) is 25.3 Å². The third-order valence-corrected chi connectivity index (χ3v) is 7.46. The zero-order chi connectivity index (χ0) is 19.1. The van der Waals surface area contributed by atoms with Crippen LogP contribution in [0, 0.1) is 0 Å². The quantitative estimate of drug-likeness (QED) is 0.788. The van der Waals surface area contributed by atoms with Crippen molar-refractivity contribution in [3.05, 3.63) is 35.9 Å². The molecule has 1 spiro atoms. The zero-order valence-electron chi connectivity index (χ0n) is 15.8. The minimum Gasteiger partial charge on any atom is -0.375 e. The van der Waals surface area contributed by atoms with Crippen LogP contribution in [0.25, 0.3) is 0 Å². The van der Waals surface area contributed by atoms with Gasteiger partial charge >= 0.3 is 0 Å².